The number of hydrogen-bond donors (Lipinski definition) is 0. The van der Waals surface area contributed by atoms with Gasteiger partial charge in [-0.25, -0.2) is 15.0 Å². The Bertz CT molecular complexity index is 3590. The normalized spacial score (nSPS) is 11.7. The van der Waals surface area contributed by atoms with Crippen LogP contribution in [0.25, 0.3) is 116 Å². The molecular formula is C55H34N4. The number of aromatic nitrogens is 4. The number of hydrogen-bond acceptors (Lipinski definition) is 3. The molecule has 2 heterocycles. The summed E-state index contributed by atoms with van der Waals surface area (Å²) < 4.78 is 2.44. The number of nitrogens with zero attached hydrogens (tertiary/aromatic N) is 4. The summed E-state index contributed by atoms with van der Waals surface area (Å²) in [4.78, 5) is 15.3. The van der Waals surface area contributed by atoms with E-state index in [-0.39, 0.29) is 0 Å². The van der Waals surface area contributed by atoms with Gasteiger partial charge in [0.2, 0.25) is 0 Å². The zero-order valence-corrected chi connectivity index (χ0v) is 31.9. The molecule has 4 nitrogen and oxygen atoms in total. The van der Waals surface area contributed by atoms with Gasteiger partial charge in [-0.15, -0.1) is 0 Å². The van der Waals surface area contributed by atoms with Gasteiger partial charge in [-0.2, -0.15) is 0 Å². The van der Waals surface area contributed by atoms with E-state index in [4.69, 9.17) is 15.0 Å². The zero-order chi connectivity index (χ0) is 38.9. The molecule has 59 heavy (non-hydrogen) atoms. The molecule has 0 radical (unpaired) electrons. The maximum atomic E-state index is 5.16. The van der Waals surface area contributed by atoms with E-state index < -0.39 is 0 Å². The van der Waals surface area contributed by atoms with Crippen molar-refractivity contribution in [3.63, 3.8) is 0 Å². The SMILES string of the molecule is c1ccc(-c2nc(-c3ccc(-c4ccc(-n5c6cc7ccccc7cc6c6ccc7ccccc7c65)cc4)cc3)nc(-c3cc4ccccc4c4ccccc34)n2)cc1. The lowest BCUT2D eigenvalue weighted by Gasteiger charge is -2.13. The molecule has 0 spiro atoms. The number of fused-ring (bicyclic) bond motifs is 9. The quantitative estimate of drug-likeness (QED) is 0.165. The van der Waals surface area contributed by atoms with Gasteiger partial charge >= 0.3 is 0 Å². The third-order valence-electron chi connectivity index (χ3n) is 11.8. The molecule has 2 aromatic heterocycles. The van der Waals surface area contributed by atoms with Crippen molar-refractivity contribution in [2.45, 2.75) is 0 Å². The van der Waals surface area contributed by atoms with Gasteiger partial charge in [0.05, 0.1) is 11.0 Å². The molecular weight excluding hydrogens is 717 g/mol. The van der Waals surface area contributed by atoms with Crippen LogP contribution >= 0.6 is 0 Å². The summed E-state index contributed by atoms with van der Waals surface area (Å²) in [7, 11) is 0. The lowest BCUT2D eigenvalue weighted by molar-refractivity contribution is 1.08. The lowest BCUT2D eigenvalue weighted by Crippen LogP contribution is -2.00. The third kappa shape index (κ3) is 5.49. The highest BCUT2D eigenvalue weighted by atomic mass is 15.0. The van der Waals surface area contributed by atoms with Crippen LogP contribution in [0.1, 0.15) is 0 Å². The molecule has 0 unspecified atom stereocenters. The van der Waals surface area contributed by atoms with Gasteiger partial charge in [0.15, 0.2) is 17.5 Å². The Labute approximate surface area is 340 Å². The molecule has 0 saturated carbocycles. The zero-order valence-electron chi connectivity index (χ0n) is 31.9. The first-order valence-corrected chi connectivity index (χ1v) is 20.0. The molecule has 0 N–H and O–H groups in total. The van der Waals surface area contributed by atoms with Crippen molar-refractivity contribution < 1.29 is 0 Å². The Kier molecular flexibility index (Phi) is 7.50. The second-order valence-electron chi connectivity index (χ2n) is 15.2. The maximum absolute atomic E-state index is 5.16. The van der Waals surface area contributed by atoms with E-state index in [1.54, 1.807) is 0 Å². The molecule has 0 fully saturated rings. The van der Waals surface area contributed by atoms with E-state index in [0.717, 1.165) is 44.3 Å². The number of benzene rings is 10. The summed E-state index contributed by atoms with van der Waals surface area (Å²) in [5, 5.41) is 12.1. The van der Waals surface area contributed by atoms with Crippen LogP contribution in [0.15, 0.2) is 206 Å². The summed E-state index contributed by atoms with van der Waals surface area (Å²) in [5.74, 6) is 1.94. The minimum absolute atomic E-state index is 0.638. The fourth-order valence-electron chi connectivity index (χ4n) is 8.93. The van der Waals surface area contributed by atoms with Crippen LogP contribution in [0.2, 0.25) is 0 Å². The monoisotopic (exact) mass is 750 g/mol. The van der Waals surface area contributed by atoms with Gasteiger partial charge < -0.3 is 4.57 Å². The van der Waals surface area contributed by atoms with Gasteiger partial charge in [0.25, 0.3) is 0 Å². The van der Waals surface area contributed by atoms with E-state index >= 15 is 0 Å². The average molecular weight is 751 g/mol. The van der Waals surface area contributed by atoms with Crippen LogP contribution in [0.5, 0.6) is 0 Å². The van der Waals surface area contributed by atoms with Gasteiger partial charge in [-0.05, 0) is 79.2 Å². The van der Waals surface area contributed by atoms with Crippen molar-refractivity contribution in [3.05, 3.63) is 206 Å². The van der Waals surface area contributed by atoms with Crippen LogP contribution in [0.4, 0.5) is 0 Å². The van der Waals surface area contributed by atoms with Gasteiger partial charge in [0.1, 0.15) is 0 Å². The standard InChI is InChI=1S/C55H34N4/c1-2-13-38(14-3-1)53-56-54(58-55(57-53)50-33-42-17-7-8-18-44(42)46-20-10-11-21-47(46)50)39-24-22-35(23-25-39)36-26-29-43(30-27-36)59-51-34-41-16-5-4-15-40(41)32-49(51)48-31-28-37-12-6-9-19-45(37)52(48)59/h1-34H. The molecule has 10 aromatic carbocycles. The molecule has 0 aliphatic carbocycles. The summed E-state index contributed by atoms with van der Waals surface area (Å²) >= 11 is 0. The molecule has 4 heteroatoms. The van der Waals surface area contributed by atoms with E-state index in [2.05, 4.69) is 193 Å². The van der Waals surface area contributed by atoms with E-state index in [1.165, 1.54) is 54.1 Å². The summed E-state index contributed by atoms with van der Waals surface area (Å²) in [6, 6.07) is 73.5. The van der Waals surface area contributed by atoms with Crippen LogP contribution in [0, 0.1) is 0 Å². The van der Waals surface area contributed by atoms with Crippen molar-refractivity contribution >= 4 is 64.9 Å². The van der Waals surface area contributed by atoms with Crippen molar-refractivity contribution in [3.8, 4) is 51.0 Å². The Morgan fingerprint density at radius 3 is 1.54 bits per heavy atom. The van der Waals surface area contributed by atoms with Crippen LogP contribution in [0.3, 0.4) is 0 Å². The smallest absolute Gasteiger partial charge is 0.164 e. The van der Waals surface area contributed by atoms with Crippen molar-refractivity contribution in [1.82, 2.24) is 19.5 Å². The topological polar surface area (TPSA) is 43.6 Å². The molecule has 12 rings (SSSR count). The van der Waals surface area contributed by atoms with E-state index in [1.807, 2.05) is 18.2 Å². The highest BCUT2D eigenvalue weighted by molar-refractivity contribution is 6.20. The molecule has 0 bridgehead atoms. The molecule has 274 valence electrons. The largest absolute Gasteiger partial charge is 0.309 e. The van der Waals surface area contributed by atoms with Crippen LogP contribution in [-0.4, -0.2) is 19.5 Å². The maximum Gasteiger partial charge on any atom is 0.164 e. The molecule has 0 aliphatic heterocycles. The van der Waals surface area contributed by atoms with Gasteiger partial charge in [0, 0.05) is 38.5 Å². The van der Waals surface area contributed by atoms with Crippen LogP contribution in [-0.2, 0) is 0 Å². The Morgan fingerprint density at radius 2 is 0.814 bits per heavy atom. The summed E-state index contributed by atoms with van der Waals surface area (Å²) in [6.07, 6.45) is 0. The van der Waals surface area contributed by atoms with Crippen molar-refractivity contribution in [2.24, 2.45) is 0 Å². The molecule has 0 aliphatic rings. The summed E-state index contributed by atoms with van der Waals surface area (Å²) in [5.41, 5.74) is 8.69. The molecule has 0 amide bonds. The highest BCUT2D eigenvalue weighted by Gasteiger charge is 2.18. The van der Waals surface area contributed by atoms with Gasteiger partial charge in [-0.3, -0.25) is 0 Å². The fraction of sp³-hybridized carbons (Fsp3) is 0. The average Bonchev–Trinajstić information content (AvgIpc) is 3.64. The van der Waals surface area contributed by atoms with Crippen molar-refractivity contribution in [2.75, 3.05) is 0 Å². The first-order valence-electron chi connectivity index (χ1n) is 20.0. The minimum Gasteiger partial charge on any atom is -0.309 e. The minimum atomic E-state index is 0.638. The van der Waals surface area contributed by atoms with E-state index in [9.17, 15) is 0 Å². The predicted molar refractivity (Wildman–Crippen MR) is 246 cm³/mol. The first kappa shape index (κ1) is 33.2. The second kappa shape index (κ2) is 13.3. The van der Waals surface area contributed by atoms with Gasteiger partial charge in [-0.1, -0.05) is 176 Å². The number of rotatable bonds is 5. The fourth-order valence-corrected chi connectivity index (χ4v) is 8.93. The van der Waals surface area contributed by atoms with Crippen LogP contribution < -0.4 is 0 Å². The molecule has 0 saturated heterocycles. The Morgan fingerprint density at radius 1 is 0.288 bits per heavy atom. The van der Waals surface area contributed by atoms with E-state index in [0.29, 0.717) is 17.5 Å². The third-order valence-corrected chi connectivity index (χ3v) is 11.8. The predicted octanol–water partition coefficient (Wildman–Crippen LogP) is 14.2. The highest BCUT2D eigenvalue weighted by Crippen LogP contribution is 2.39. The molecule has 12 aromatic rings. The lowest BCUT2D eigenvalue weighted by atomic mass is 9.97. The molecule has 0 atom stereocenters. The Hall–Kier alpha value is -7.95. The van der Waals surface area contributed by atoms with Crippen molar-refractivity contribution in [1.29, 1.82) is 0 Å². The Balaban J connectivity index is 0.956. The summed E-state index contributed by atoms with van der Waals surface area (Å²) in [6.45, 7) is 0. The first-order chi connectivity index (χ1) is 29.2. The second-order valence-corrected chi connectivity index (χ2v) is 15.2.